The quantitative estimate of drug-likeness (QED) is 0.370. The lowest BCUT2D eigenvalue weighted by Crippen LogP contribution is -2.33. The van der Waals surface area contributed by atoms with Crippen molar-refractivity contribution in [2.45, 2.75) is 32.1 Å². The molecule has 1 fully saturated rings. The zero-order chi connectivity index (χ0) is 12.5. The van der Waals surface area contributed by atoms with Crippen LogP contribution in [0, 0.1) is 11.8 Å². The Hall–Kier alpha value is -1.35. The van der Waals surface area contributed by atoms with Crippen molar-refractivity contribution in [2.24, 2.45) is 22.7 Å². The molecule has 0 saturated heterocycles. The van der Waals surface area contributed by atoms with Gasteiger partial charge in [0.1, 0.15) is 5.84 Å². The van der Waals surface area contributed by atoms with Crippen molar-refractivity contribution in [1.29, 1.82) is 0 Å². The number of aryl methyl sites for hydroxylation is 1. The zero-order valence-electron chi connectivity index (χ0n) is 10.9. The predicted molar refractivity (Wildman–Crippen MR) is 74.4 cm³/mol. The lowest BCUT2D eigenvalue weighted by atomic mass is 9.92. The minimum atomic E-state index is 0.533. The van der Waals surface area contributed by atoms with Crippen LogP contribution >= 0.6 is 0 Å². The highest BCUT2D eigenvalue weighted by atomic mass is 15.3. The van der Waals surface area contributed by atoms with Crippen LogP contribution in [0.5, 0.6) is 0 Å². The van der Waals surface area contributed by atoms with Gasteiger partial charge in [-0.1, -0.05) is 31.2 Å². The summed E-state index contributed by atoms with van der Waals surface area (Å²) in [6.07, 6.45) is 3.56. The van der Waals surface area contributed by atoms with Crippen LogP contribution in [0.15, 0.2) is 29.3 Å². The Bertz CT molecular complexity index is 467. The SMILES string of the molecule is CCCN=C(NN)C1C2CCc3ccccc3C21. The van der Waals surface area contributed by atoms with Crippen molar-refractivity contribution in [3.8, 4) is 0 Å². The Morgan fingerprint density at radius 2 is 2.28 bits per heavy atom. The van der Waals surface area contributed by atoms with E-state index in [1.54, 1.807) is 0 Å². The van der Waals surface area contributed by atoms with Gasteiger partial charge in [0.25, 0.3) is 0 Å². The first-order valence-electron chi connectivity index (χ1n) is 6.95. The maximum atomic E-state index is 5.65. The fourth-order valence-corrected chi connectivity index (χ4v) is 3.42. The molecule has 18 heavy (non-hydrogen) atoms. The molecule has 3 nitrogen and oxygen atoms in total. The minimum absolute atomic E-state index is 0.533. The molecule has 0 heterocycles. The third kappa shape index (κ3) is 1.83. The second-order valence-electron chi connectivity index (χ2n) is 5.36. The molecule has 3 heteroatoms. The number of nitrogens with two attached hydrogens (primary N) is 1. The molecular weight excluding hydrogens is 222 g/mol. The highest BCUT2D eigenvalue weighted by Gasteiger charge is 2.55. The van der Waals surface area contributed by atoms with Gasteiger partial charge in [0.05, 0.1) is 0 Å². The minimum Gasteiger partial charge on any atom is -0.312 e. The number of benzene rings is 1. The smallest absolute Gasteiger partial charge is 0.114 e. The lowest BCUT2D eigenvalue weighted by Gasteiger charge is -2.13. The van der Waals surface area contributed by atoms with E-state index in [1.807, 2.05) is 0 Å². The molecule has 96 valence electrons. The molecule has 1 aromatic rings. The first-order chi connectivity index (χ1) is 8.86. The summed E-state index contributed by atoms with van der Waals surface area (Å²) >= 11 is 0. The molecule has 2 aliphatic rings. The van der Waals surface area contributed by atoms with Crippen molar-refractivity contribution in [2.75, 3.05) is 6.54 Å². The summed E-state index contributed by atoms with van der Waals surface area (Å²) < 4.78 is 0. The molecule has 1 saturated carbocycles. The summed E-state index contributed by atoms with van der Waals surface area (Å²) in [5, 5.41) is 0. The van der Waals surface area contributed by atoms with E-state index >= 15 is 0 Å². The van der Waals surface area contributed by atoms with Gasteiger partial charge in [0.2, 0.25) is 0 Å². The second kappa shape index (κ2) is 4.73. The number of amidine groups is 1. The topological polar surface area (TPSA) is 50.4 Å². The summed E-state index contributed by atoms with van der Waals surface area (Å²) in [5.74, 6) is 8.61. The number of rotatable bonds is 3. The van der Waals surface area contributed by atoms with E-state index in [-0.39, 0.29) is 0 Å². The van der Waals surface area contributed by atoms with Crippen LogP contribution in [0.3, 0.4) is 0 Å². The van der Waals surface area contributed by atoms with Crippen molar-refractivity contribution in [3.63, 3.8) is 0 Å². The Kier molecular flexibility index (Phi) is 3.08. The molecule has 0 spiro atoms. The molecule has 3 rings (SSSR count). The first kappa shape index (κ1) is 11.7. The van der Waals surface area contributed by atoms with Gasteiger partial charge < -0.3 is 5.43 Å². The molecule has 0 radical (unpaired) electrons. The molecule has 1 aromatic carbocycles. The summed E-state index contributed by atoms with van der Waals surface area (Å²) in [6.45, 7) is 3.02. The van der Waals surface area contributed by atoms with Gasteiger partial charge in [-0.25, -0.2) is 5.84 Å². The second-order valence-corrected chi connectivity index (χ2v) is 5.36. The molecule has 0 amide bonds. The number of hydrogen-bond donors (Lipinski definition) is 2. The van der Waals surface area contributed by atoms with Crippen molar-refractivity contribution >= 4 is 5.84 Å². The Labute approximate surface area is 108 Å². The van der Waals surface area contributed by atoms with Crippen molar-refractivity contribution in [1.82, 2.24) is 5.43 Å². The van der Waals surface area contributed by atoms with Gasteiger partial charge >= 0.3 is 0 Å². The summed E-state index contributed by atoms with van der Waals surface area (Å²) in [6, 6.07) is 8.83. The van der Waals surface area contributed by atoms with Gasteiger partial charge in [-0.2, -0.15) is 0 Å². The highest BCUT2D eigenvalue weighted by molar-refractivity contribution is 5.88. The van der Waals surface area contributed by atoms with Crippen LogP contribution in [-0.4, -0.2) is 12.4 Å². The fourth-order valence-electron chi connectivity index (χ4n) is 3.42. The van der Waals surface area contributed by atoms with Crippen LogP contribution in [0.4, 0.5) is 0 Å². The summed E-state index contributed by atoms with van der Waals surface area (Å²) in [4.78, 5) is 4.60. The molecule has 0 bridgehead atoms. The van der Waals surface area contributed by atoms with E-state index < -0.39 is 0 Å². The van der Waals surface area contributed by atoms with Gasteiger partial charge in [-0.3, -0.25) is 4.99 Å². The number of nitrogens with one attached hydrogen (secondary N) is 1. The van der Waals surface area contributed by atoms with Crippen LogP contribution in [0.1, 0.15) is 36.8 Å². The van der Waals surface area contributed by atoms with Crippen molar-refractivity contribution < 1.29 is 0 Å². The maximum absolute atomic E-state index is 5.65. The zero-order valence-corrected chi connectivity index (χ0v) is 10.9. The number of fused-ring (bicyclic) bond motifs is 3. The average molecular weight is 243 g/mol. The number of hydrazine groups is 1. The molecule has 3 atom stereocenters. The van der Waals surface area contributed by atoms with Crippen LogP contribution in [-0.2, 0) is 6.42 Å². The standard InChI is InChI=1S/C15H21N3/c1-2-9-17-15(18-16)14-12-8-7-10-5-3-4-6-11(10)13(12)14/h3-6,12-14H,2,7-9,16H2,1H3,(H,17,18). The van der Waals surface area contributed by atoms with Crippen LogP contribution in [0.25, 0.3) is 0 Å². The number of hydrogen-bond acceptors (Lipinski definition) is 2. The largest absolute Gasteiger partial charge is 0.312 e. The van der Waals surface area contributed by atoms with Crippen LogP contribution in [0.2, 0.25) is 0 Å². The normalized spacial score (nSPS) is 29.4. The van der Waals surface area contributed by atoms with Crippen LogP contribution < -0.4 is 11.3 Å². The lowest BCUT2D eigenvalue weighted by molar-refractivity contribution is 0.656. The molecular formula is C15H21N3. The van der Waals surface area contributed by atoms with E-state index in [0.717, 1.165) is 24.7 Å². The van der Waals surface area contributed by atoms with Gasteiger partial charge in [0.15, 0.2) is 0 Å². The summed E-state index contributed by atoms with van der Waals surface area (Å²) in [5.41, 5.74) is 5.88. The molecule has 3 N–H and O–H groups in total. The number of aliphatic imine (C=N–C) groups is 1. The van der Waals surface area contributed by atoms with E-state index in [2.05, 4.69) is 41.6 Å². The van der Waals surface area contributed by atoms with Gasteiger partial charge in [0, 0.05) is 12.5 Å². The van der Waals surface area contributed by atoms with Crippen molar-refractivity contribution in [3.05, 3.63) is 35.4 Å². The first-order valence-corrected chi connectivity index (χ1v) is 6.95. The monoisotopic (exact) mass is 243 g/mol. The summed E-state index contributed by atoms with van der Waals surface area (Å²) in [7, 11) is 0. The Morgan fingerprint density at radius 3 is 3.06 bits per heavy atom. The predicted octanol–water partition coefficient (Wildman–Crippen LogP) is 2.23. The highest BCUT2D eigenvalue weighted by Crippen LogP contribution is 2.59. The third-order valence-corrected chi connectivity index (χ3v) is 4.30. The van der Waals surface area contributed by atoms with E-state index in [9.17, 15) is 0 Å². The Morgan fingerprint density at radius 1 is 1.44 bits per heavy atom. The molecule has 2 aliphatic carbocycles. The fraction of sp³-hybridized carbons (Fsp3) is 0.533. The molecule has 0 aromatic heterocycles. The molecule has 3 unspecified atom stereocenters. The molecule has 0 aliphatic heterocycles. The third-order valence-electron chi connectivity index (χ3n) is 4.30. The van der Waals surface area contributed by atoms with Gasteiger partial charge in [-0.05, 0) is 42.2 Å². The Balaban J connectivity index is 1.84. The van der Waals surface area contributed by atoms with E-state index in [1.165, 1.54) is 24.0 Å². The number of nitrogens with zero attached hydrogens (tertiary/aromatic N) is 1. The maximum Gasteiger partial charge on any atom is 0.114 e. The van der Waals surface area contributed by atoms with E-state index in [4.69, 9.17) is 5.84 Å². The van der Waals surface area contributed by atoms with Gasteiger partial charge in [-0.15, -0.1) is 0 Å². The average Bonchev–Trinajstić information content (AvgIpc) is 3.15. The van der Waals surface area contributed by atoms with E-state index in [0.29, 0.717) is 11.8 Å².